The van der Waals surface area contributed by atoms with Gasteiger partial charge in [-0.25, -0.2) is 0 Å². The summed E-state index contributed by atoms with van der Waals surface area (Å²) in [5.41, 5.74) is 3.45. The van der Waals surface area contributed by atoms with Gasteiger partial charge in [0.2, 0.25) is 0 Å². The first-order valence-electron chi connectivity index (χ1n) is 5.08. The molecule has 0 atom stereocenters. The Morgan fingerprint density at radius 1 is 1.25 bits per heavy atom. The zero-order chi connectivity index (χ0) is 11.1. The first kappa shape index (κ1) is 12.5. The number of allylic oxidation sites excluding steroid dienone is 2. The van der Waals surface area contributed by atoms with E-state index in [4.69, 9.17) is 0 Å². The first-order chi connectivity index (χ1) is 7.09. The molecule has 0 amide bonds. The number of likely N-dealkylation sites (N-methyl/N-ethyl adjacent to an activating group) is 1. The van der Waals surface area contributed by atoms with E-state index in [9.17, 15) is 4.79 Å². The molecule has 16 heavy (non-hydrogen) atoms. The Kier molecular flexibility index (Phi) is 3.22. The van der Waals surface area contributed by atoms with E-state index in [2.05, 4.69) is 30.9 Å². The number of nitrogens with zero attached hydrogens (tertiary/aromatic N) is 1. The highest BCUT2D eigenvalue weighted by Gasteiger charge is 2.37. The summed E-state index contributed by atoms with van der Waals surface area (Å²) >= 11 is 0. The molecule has 2 nitrogen and oxygen atoms in total. The highest BCUT2D eigenvalue weighted by atomic mass is 16.1. The number of carbonyl (C=O) groups is 1. The van der Waals surface area contributed by atoms with Gasteiger partial charge in [-0.15, -0.1) is 0 Å². The number of carbonyl (C=O) groups excluding carboxylic acids is 1. The lowest BCUT2D eigenvalue weighted by Gasteiger charge is -2.23. The van der Waals surface area contributed by atoms with Crippen molar-refractivity contribution in [3.8, 4) is 0 Å². The lowest BCUT2D eigenvalue weighted by molar-refractivity contribution is -0.104. The fraction of sp³-hybridized carbons (Fsp3) is 0.357. The fourth-order valence-corrected chi connectivity index (χ4v) is 2.37. The third kappa shape index (κ3) is 1.54. The summed E-state index contributed by atoms with van der Waals surface area (Å²) in [6.45, 7) is 4.29. The molecular formula is C14H19NO. The lowest BCUT2D eigenvalue weighted by Crippen LogP contribution is -2.22. The molecule has 0 radical (unpaired) electrons. The van der Waals surface area contributed by atoms with Crippen LogP contribution in [0.1, 0.15) is 26.8 Å². The Balaban J connectivity index is 0.00000128. The molecule has 0 N–H and O–H groups in total. The second kappa shape index (κ2) is 4.12. The average molecular weight is 217 g/mol. The van der Waals surface area contributed by atoms with Crippen LogP contribution < -0.4 is 4.90 Å². The first-order valence-corrected chi connectivity index (χ1v) is 5.08. The van der Waals surface area contributed by atoms with Gasteiger partial charge in [0.1, 0.15) is 6.29 Å². The van der Waals surface area contributed by atoms with Crippen molar-refractivity contribution in [3.05, 3.63) is 41.6 Å². The van der Waals surface area contributed by atoms with Gasteiger partial charge >= 0.3 is 0 Å². The van der Waals surface area contributed by atoms with Gasteiger partial charge in [0.05, 0.1) is 0 Å². The molecular weight excluding hydrogens is 198 g/mol. The van der Waals surface area contributed by atoms with E-state index in [0.717, 1.165) is 12.0 Å². The Labute approximate surface area is 97.6 Å². The Bertz CT molecular complexity index is 432. The second-order valence-electron chi connectivity index (χ2n) is 4.39. The van der Waals surface area contributed by atoms with Gasteiger partial charge in [-0.1, -0.05) is 39.5 Å². The topological polar surface area (TPSA) is 20.3 Å². The maximum absolute atomic E-state index is 10.6. The van der Waals surface area contributed by atoms with E-state index in [1.54, 1.807) is 6.08 Å². The molecule has 1 aliphatic heterocycles. The van der Waals surface area contributed by atoms with Crippen molar-refractivity contribution >= 4 is 12.0 Å². The monoisotopic (exact) mass is 217 g/mol. The summed E-state index contributed by atoms with van der Waals surface area (Å²) < 4.78 is 0. The van der Waals surface area contributed by atoms with E-state index in [0.29, 0.717) is 0 Å². The summed E-state index contributed by atoms with van der Waals surface area (Å²) in [6.07, 6.45) is 2.51. The number of aldehydes is 1. The van der Waals surface area contributed by atoms with Crippen LogP contribution in [-0.4, -0.2) is 13.3 Å². The van der Waals surface area contributed by atoms with Crippen LogP contribution in [0.3, 0.4) is 0 Å². The van der Waals surface area contributed by atoms with Gasteiger partial charge in [-0.05, 0) is 17.7 Å². The molecule has 0 fully saturated rings. The Morgan fingerprint density at radius 2 is 1.88 bits per heavy atom. The van der Waals surface area contributed by atoms with E-state index in [-0.39, 0.29) is 12.8 Å². The van der Waals surface area contributed by atoms with Crippen LogP contribution in [0.5, 0.6) is 0 Å². The van der Waals surface area contributed by atoms with Gasteiger partial charge in [0.25, 0.3) is 0 Å². The quantitative estimate of drug-likeness (QED) is 0.532. The highest BCUT2D eigenvalue weighted by Crippen LogP contribution is 2.46. The average Bonchev–Trinajstić information content (AvgIpc) is 2.41. The van der Waals surface area contributed by atoms with E-state index in [1.807, 2.05) is 19.2 Å². The van der Waals surface area contributed by atoms with Crippen LogP contribution in [-0.2, 0) is 10.2 Å². The van der Waals surface area contributed by atoms with Gasteiger partial charge in [-0.3, -0.25) is 4.79 Å². The summed E-state index contributed by atoms with van der Waals surface area (Å²) in [5, 5.41) is 0. The minimum atomic E-state index is -0.0771. The number of rotatable bonds is 1. The molecule has 0 aromatic heterocycles. The molecule has 0 aliphatic carbocycles. The molecule has 1 aromatic carbocycles. The third-order valence-corrected chi connectivity index (χ3v) is 3.17. The van der Waals surface area contributed by atoms with Crippen molar-refractivity contribution in [1.82, 2.24) is 0 Å². The third-order valence-electron chi connectivity index (χ3n) is 3.17. The zero-order valence-electron chi connectivity index (χ0n) is 9.32. The molecule has 86 valence electrons. The maximum atomic E-state index is 10.6. The van der Waals surface area contributed by atoms with Crippen molar-refractivity contribution < 1.29 is 4.79 Å². The van der Waals surface area contributed by atoms with Crippen LogP contribution >= 0.6 is 0 Å². The van der Waals surface area contributed by atoms with Crippen LogP contribution in [0.4, 0.5) is 5.69 Å². The molecule has 0 unspecified atom stereocenters. The molecule has 0 spiro atoms. The molecule has 2 rings (SSSR count). The van der Waals surface area contributed by atoms with Gasteiger partial charge in [0, 0.05) is 23.8 Å². The largest absolute Gasteiger partial charge is 0.347 e. The van der Waals surface area contributed by atoms with Crippen LogP contribution in [0, 0.1) is 0 Å². The van der Waals surface area contributed by atoms with Crippen LogP contribution in [0.2, 0.25) is 0 Å². The number of fused-ring (bicyclic) bond motifs is 1. The van der Waals surface area contributed by atoms with Crippen molar-refractivity contribution in [3.63, 3.8) is 0 Å². The van der Waals surface area contributed by atoms with E-state index < -0.39 is 0 Å². The normalized spacial score (nSPS) is 19.2. The predicted octanol–water partition coefficient (Wildman–Crippen LogP) is 3.13. The molecule has 0 saturated heterocycles. The van der Waals surface area contributed by atoms with Crippen molar-refractivity contribution in [1.29, 1.82) is 0 Å². The molecule has 0 bridgehead atoms. The Hall–Kier alpha value is -1.57. The van der Waals surface area contributed by atoms with E-state index in [1.165, 1.54) is 11.3 Å². The number of benzene rings is 1. The zero-order valence-corrected chi connectivity index (χ0v) is 9.32. The Morgan fingerprint density at radius 3 is 2.44 bits per heavy atom. The lowest BCUT2D eigenvalue weighted by atomic mass is 9.84. The maximum Gasteiger partial charge on any atom is 0.144 e. The minimum absolute atomic E-state index is 0. The smallest absolute Gasteiger partial charge is 0.144 e. The van der Waals surface area contributed by atoms with Crippen molar-refractivity contribution in [2.75, 3.05) is 11.9 Å². The number of para-hydroxylation sites is 1. The van der Waals surface area contributed by atoms with Gasteiger partial charge in [0.15, 0.2) is 0 Å². The predicted molar refractivity (Wildman–Crippen MR) is 68.7 cm³/mol. The van der Waals surface area contributed by atoms with Gasteiger partial charge < -0.3 is 4.90 Å². The summed E-state index contributed by atoms with van der Waals surface area (Å²) in [7, 11) is 2.00. The van der Waals surface area contributed by atoms with Crippen molar-refractivity contribution in [2.24, 2.45) is 0 Å². The van der Waals surface area contributed by atoms with Crippen LogP contribution in [0.25, 0.3) is 0 Å². The summed E-state index contributed by atoms with van der Waals surface area (Å²) in [6, 6.07) is 8.27. The number of hydrogen-bond acceptors (Lipinski definition) is 2. The molecule has 1 aliphatic rings. The second-order valence-corrected chi connectivity index (χ2v) is 4.39. The molecule has 2 heteroatoms. The standard InChI is InChI=1S/C13H15NO.CH4/c1-13(2)10-6-4-5-7-11(10)14(3)12(13)8-9-15;/h4-9H,1-3H3;1H4/b12-8-;. The van der Waals surface area contributed by atoms with Crippen LogP contribution in [0.15, 0.2) is 36.0 Å². The van der Waals surface area contributed by atoms with Gasteiger partial charge in [-0.2, -0.15) is 0 Å². The number of anilines is 1. The van der Waals surface area contributed by atoms with E-state index >= 15 is 0 Å². The highest BCUT2D eigenvalue weighted by molar-refractivity contribution is 5.76. The summed E-state index contributed by atoms with van der Waals surface area (Å²) in [4.78, 5) is 12.7. The molecule has 1 aromatic rings. The SMILES string of the molecule is C.CN1/C(=C\C=O)C(C)(C)c2ccccc21. The minimum Gasteiger partial charge on any atom is -0.347 e. The van der Waals surface area contributed by atoms with Crippen molar-refractivity contribution in [2.45, 2.75) is 26.7 Å². The molecule has 0 saturated carbocycles. The molecule has 1 heterocycles. The number of hydrogen-bond donors (Lipinski definition) is 0. The fourth-order valence-electron chi connectivity index (χ4n) is 2.37. The summed E-state index contributed by atoms with van der Waals surface area (Å²) in [5.74, 6) is 0.